The quantitative estimate of drug-likeness (QED) is 0.298. The molecule has 3 aromatic rings. The number of thioether (sulfide) groups is 1. The molecule has 0 saturated carbocycles. The summed E-state index contributed by atoms with van der Waals surface area (Å²) in [5.41, 5.74) is 1.19. The average Bonchev–Trinajstić information content (AvgIpc) is 3.68. The van der Waals surface area contributed by atoms with E-state index in [1.54, 1.807) is 6.07 Å². The van der Waals surface area contributed by atoms with Gasteiger partial charge in [0.1, 0.15) is 0 Å². The van der Waals surface area contributed by atoms with E-state index in [0.29, 0.717) is 41.0 Å². The summed E-state index contributed by atoms with van der Waals surface area (Å²) < 4.78 is 37.9. The number of hydrogen-bond donors (Lipinski definition) is 2. The van der Waals surface area contributed by atoms with E-state index >= 15 is 0 Å². The summed E-state index contributed by atoms with van der Waals surface area (Å²) >= 11 is 2.36. The SMILES string of the molecule is O=C(CSc1nnc(NC(=O)c2ccc(S(=O)(=O)N3CCCC3)cc2)s1)NCc1ccc2c(c1)OCO2. The Morgan fingerprint density at radius 3 is 2.57 bits per heavy atom. The molecule has 11 nitrogen and oxygen atoms in total. The fourth-order valence-electron chi connectivity index (χ4n) is 3.77. The van der Waals surface area contributed by atoms with Crippen LogP contribution in [0.3, 0.4) is 0 Å². The molecule has 2 aromatic carbocycles. The van der Waals surface area contributed by atoms with Crippen molar-refractivity contribution in [3.8, 4) is 11.5 Å². The summed E-state index contributed by atoms with van der Waals surface area (Å²) in [5.74, 6) is 0.881. The van der Waals surface area contributed by atoms with E-state index in [4.69, 9.17) is 9.47 Å². The molecule has 0 spiro atoms. The molecule has 2 N–H and O–H groups in total. The lowest BCUT2D eigenvalue weighted by Gasteiger charge is -2.15. The molecule has 1 saturated heterocycles. The lowest BCUT2D eigenvalue weighted by molar-refractivity contribution is -0.118. The highest BCUT2D eigenvalue weighted by atomic mass is 32.2. The first kappa shape index (κ1) is 25.4. The third-order valence-electron chi connectivity index (χ3n) is 5.70. The third-order valence-corrected chi connectivity index (χ3v) is 9.58. The maximum atomic E-state index is 12.6. The number of fused-ring (bicyclic) bond motifs is 1. The van der Waals surface area contributed by atoms with Gasteiger partial charge in [0, 0.05) is 25.2 Å². The summed E-state index contributed by atoms with van der Waals surface area (Å²) in [6, 6.07) is 11.3. The maximum Gasteiger partial charge on any atom is 0.257 e. The number of carbonyl (C=O) groups is 2. The highest BCUT2D eigenvalue weighted by molar-refractivity contribution is 8.01. The van der Waals surface area contributed by atoms with Gasteiger partial charge in [0.05, 0.1) is 10.6 Å². The third kappa shape index (κ3) is 6.04. The zero-order valence-corrected chi connectivity index (χ0v) is 22.0. The van der Waals surface area contributed by atoms with Gasteiger partial charge in [-0.2, -0.15) is 4.31 Å². The van der Waals surface area contributed by atoms with E-state index in [1.807, 2.05) is 12.1 Å². The molecule has 2 amide bonds. The molecular formula is C23H23N5O6S3. The lowest BCUT2D eigenvalue weighted by Crippen LogP contribution is -2.27. The minimum Gasteiger partial charge on any atom is -0.454 e. The van der Waals surface area contributed by atoms with Crippen molar-refractivity contribution in [3.63, 3.8) is 0 Å². The van der Waals surface area contributed by atoms with Crippen LogP contribution in [0.25, 0.3) is 0 Å². The number of sulfonamides is 1. The van der Waals surface area contributed by atoms with Crippen molar-refractivity contribution >= 4 is 50.1 Å². The van der Waals surface area contributed by atoms with Gasteiger partial charge in [-0.1, -0.05) is 29.2 Å². The number of carbonyl (C=O) groups excluding carboxylic acids is 2. The number of anilines is 1. The first-order chi connectivity index (χ1) is 17.9. The number of nitrogens with one attached hydrogen (secondary N) is 2. The van der Waals surface area contributed by atoms with Crippen LogP contribution in [0.4, 0.5) is 5.13 Å². The summed E-state index contributed by atoms with van der Waals surface area (Å²) in [5, 5.41) is 13.7. The van der Waals surface area contributed by atoms with E-state index in [9.17, 15) is 18.0 Å². The molecule has 0 aliphatic carbocycles. The zero-order chi connectivity index (χ0) is 25.8. The Bertz CT molecular complexity index is 1400. The molecule has 2 aliphatic heterocycles. The van der Waals surface area contributed by atoms with Gasteiger partial charge in [-0.25, -0.2) is 8.42 Å². The topological polar surface area (TPSA) is 140 Å². The molecule has 0 atom stereocenters. The summed E-state index contributed by atoms with van der Waals surface area (Å²) in [7, 11) is -3.54. The molecule has 14 heteroatoms. The Morgan fingerprint density at radius 2 is 1.78 bits per heavy atom. The van der Waals surface area contributed by atoms with Crippen molar-refractivity contribution in [2.24, 2.45) is 0 Å². The number of amides is 2. The number of rotatable bonds is 9. The van der Waals surface area contributed by atoms with Crippen molar-refractivity contribution in [2.75, 3.05) is 31.0 Å². The van der Waals surface area contributed by atoms with Crippen LogP contribution in [-0.2, 0) is 21.4 Å². The van der Waals surface area contributed by atoms with Gasteiger partial charge < -0.3 is 14.8 Å². The molecule has 37 heavy (non-hydrogen) atoms. The van der Waals surface area contributed by atoms with Crippen LogP contribution in [0.2, 0.25) is 0 Å². The number of aromatic nitrogens is 2. The van der Waals surface area contributed by atoms with Gasteiger partial charge in [0.2, 0.25) is 27.9 Å². The molecule has 2 aliphatic rings. The van der Waals surface area contributed by atoms with Crippen LogP contribution >= 0.6 is 23.1 Å². The molecule has 1 aromatic heterocycles. The standard InChI is InChI=1S/C23H23N5O6S3/c29-20(24-12-15-3-8-18-19(11-15)34-14-33-18)13-35-23-27-26-22(36-23)25-21(30)16-4-6-17(7-5-16)37(31,32)28-9-1-2-10-28/h3-8,11H,1-2,9-10,12-14H2,(H,24,29)(H,25,26,30). The molecule has 0 bridgehead atoms. The number of benzene rings is 2. The Labute approximate surface area is 221 Å². The largest absolute Gasteiger partial charge is 0.454 e. The summed E-state index contributed by atoms with van der Waals surface area (Å²) in [6.07, 6.45) is 1.71. The van der Waals surface area contributed by atoms with E-state index in [1.165, 1.54) is 40.3 Å². The van der Waals surface area contributed by atoms with Gasteiger partial charge in [-0.15, -0.1) is 10.2 Å². The maximum absolute atomic E-state index is 12.6. The molecule has 3 heterocycles. The first-order valence-electron chi connectivity index (χ1n) is 11.4. The van der Waals surface area contributed by atoms with Crippen molar-refractivity contribution in [1.29, 1.82) is 0 Å². The molecule has 5 rings (SSSR count). The van der Waals surface area contributed by atoms with Crippen LogP contribution in [-0.4, -0.2) is 60.4 Å². The minimum atomic E-state index is -3.54. The van der Waals surface area contributed by atoms with Crippen molar-refractivity contribution in [1.82, 2.24) is 19.8 Å². The first-order valence-corrected chi connectivity index (χ1v) is 14.7. The number of nitrogens with zero attached hydrogens (tertiary/aromatic N) is 3. The Kier molecular flexibility index (Phi) is 7.60. The van der Waals surface area contributed by atoms with E-state index in [2.05, 4.69) is 20.8 Å². The normalized spacial score (nSPS) is 15.0. The molecule has 1 fully saturated rings. The highest BCUT2D eigenvalue weighted by Crippen LogP contribution is 2.32. The second-order valence-electron chi connectivity index (χ2n) is 8.22. The van der Waals surface area contributed by atoms with Crippen LogP contribution in [0.15, 0.2) is 51.7 Å². The lowest BCUT2D eigenvalue weighted by atomic mass is 10.2. The Balaban J connectivity index is 1.09. The van der Waals surface area contributed by atoms with Crippen molar-refractivity contribution in [2.45, 2.75) is 28.6 Å². The Morgan fingerprint density at radius 1 is 1.03 bits per heavy atom. The zero-order valence-electron chi connectivity index (χ0n) is 19.5. The van der Waals surface area contributed by atoms with Gasteiger partial charge in [-0.3, -0.25) is 14.9 Å². The fourth-order valence-corrected chi connectivity index (χ4v) is 6.87. The van der Waals surface area contributed by atoms with Gasteiger partial charge in [0.15, 0.2) is 15.8 Å². The van der Waals surface area contributed by atoms with Crippen LogP contribution in [0.5, 0.6) is 11.5 Å². The summed E-state index contributed by atoms with van der Waals surface area (Å²) in [4.78, 5) is 25.0. The Hall–Kier alpha value is -3.20. The average molecular weight is 562 g/mol. The summed E-state index contributed by atoms with van der Waals surface area (Å²) in [6.45, 7) is 1.58. The molecule has 194 valence electrons. The number of ether oxygens (including phenoxy) is 2. The van der Waals surface area contributed by atoms with Crippen molar-refractivity contribution in [3.05, 3.63) is 53.6 Å². The molecule has 0 radical (unpaired) electrons. The van der Waals surface area contributed by atoms with E-state index < -0.39 is 15.9 Å². The van der Waals surface area contributed by atoms with Crippen LogP contribution in [0, 0.1) is 0 Å². The van der Waals surface area contributed by atoms with E-state index in [-0.39, 0.29) is 28.5 Å². The van der Waals surface area contributed by atoms with E-state index in [0.717, 1.165) is 29.7 Å². The predicted molar refractivity (Wildman–Crippen MR) is 137 cm³/mol. The second kappa shape index (κ2) is 11.0. The molecular weight excluding hydrogens is 538 g/mol. The highest BCUT2D eigenvalue weighted by Gasteiger charge is 2.27. The van der Waals surface area contributed by atoms with Crippen molar-refractivity contribution < 1.29 is 27.5 Å². The monoisotopic (exact) mass is 561 g/mol. The van der Waals surface area contributed by atoms with Crippen LogP contribution < -0.4 is 20.1 Å². The fraction of sp³-hybridized carbons (Fsp3) is 0.304. The van der Waals surface area contributed by atoms with Gasteiger partial charge >= 0.3 is 0 Å². The predicted octanol–water partition coefficient (Wildman–Crippen LogP) is 2.71. The second-order valence-corrected chi connectivity index (χ2v) is 12.4. The van der Waals surface area contributed by atoms with Gasteiger partial charge in [-0.05, 0) is 54.8 Å². The molecule has 0 unspecified atom stereocenters. The smallest absolute Gasteiger partial charge is 0.257 e. The minimum absolute atomic E-state index is 0.139. The van der Waals surface area contributed by atoms with Crippen LogP contribution in [0.1, 0.15) is 28.8 Å². The number of hydrogen-bond acceptors (Lipinski definition) is 10. The van der Waals surface area contributed by atoms with Gasteiger partial charge in [0.25, 0.3) is 5.91 Å².